The number of carbonyl (C=O) groups excluding carboxylic acids is 3. The number of hydrogen-bond donors (Lipinski definition) is 2. The number of amides is 3. The number of piperidine rings is 1. The number of ether oxygens (including phenoxy) is 1. The van der Waals surface area contributed by atoms with Crippen LogP contribution in [-0.4, -0.2) is 57.2 Å². The van der Waals surface area contributed by atoms with E-state index in [0.717, 1.165) is 23.7 Å². The molecule has 200 valence electrons. The fourth-order valence-electron chi connectivity index (χ4n) is 5.11. The van der Waals surface area contributed by atoms with Gasteiger partial charge in [-0.3, -0.25) is 19.1 Å². The number of hydrogen-bond acceptors (Lipinski definition) is 5. The van der Waals surface area contributed by atoms with Gasteiger partial charge in [-0.2, -0.15) is 5.10 Å². The standard InChI is InChI=1S/C29H30N6O4/c1-4-26(36)34-13-7-9-20(16-34)35-17-21(28(30)37)27(32-35)19-11-12-22(25(15-19)39-3)31-29(38)24-14-18-8-5-6-10-23(18)33(24)2/h4-6,8,10-12,14-15,17,20H,1,7,9,13,16H2,2-3H3,(H2,30,37)(H,31,38). The van der Waals surface area contributed by atoms with Crippen LogP contribution in [0.5, 0.6) is 5.75 Å². The summed E-state index contributed by atoms with van der Waals surface area (Å²) in [5.41, 5.74) is 8.91. The molecule has 1 aliphatic heterocycles. The maximum absolute atomic E-state index is 13.1. The second-order valence-electron chi connectivity index (χ2n) is 9.54. The Kier molecular flexibility index (Phi) is 6.93. The van der Waals surface area contributed by atoms with Gasteiger partial charge in [-0.25, -0.2) is 0 Å². The van der Waals surface area contributed by atoms with Crippen molar-refractivity contribution in [3.05, 3.63) is 78.6 Å². The molecule has 0 bridgehead atoms. The first-order valence-corrected chi connectivity index (χ1v) is 12.6. The number of anilines is 1. The zero-order valence-electron chi connectivity index (χ0n) is 21.9. The van der Waals surface area contributed by atoms with Crippen LogP contribution < -0.4 is 15.8 Å². The third kappa shape index (κ3) is 4.88. The zero-order chi connectivity index (χ0) is 27.7. The number of nitrogens with zero attached hydrogens (tertiary/aromatic N) is 4. The van der Waals surface area contributed by atoms with Gasteiger partial charge >= 0.3 is 0 Å². The Morgan fingerprint density at radius 2 is 1.97 bits per heavy atom. The van der Waals surface area contributed by atoms with Crippen LogP contribution in [0.2, 0.25) is 0 Å². The van der Waals surface area contributed by atoms with Crippen LogP contribution in [0.4, 0.5) is 5.69 Å². The van der Waals surface area contributed by atoms with Crippen LogP contribution >= 0.6 is 0 Å². The van der Waals surface area contributed by atoms with Crippen LogP contribution in [0.25, 0.3) is 22.2 Å². The highest BCUT2D eigenvalue weighted by Crippen LogP contribution is 2.33. The summed E-state index contributed by atoms with van der Waals surface area (Å²) in [7, 11) is 3.35. The van der Waals surface area contributed by atoms with E-state index in [4.69, 9.17) is 15.6 Å². The van der Waals surface area contributed by atoms with Crippen LogP contribution in [-0.2, 0) is 11.8 Å². The van der Waals surface area contributed by atoms with Gasteiger partial charge in [-0.15, -0.1) is 0 Å². The molecular weight excluding hydrogens is 496 g/mol. The van der Waals surface area contributed by atoms with Crippen LogP contribution in [0.1, 0.15) is 39.7 Å². The Balaban J connectivity index is 1.43. The molecule has 1 saturated heterocycles. The number of methoxy groups -OCH3 is 1. The third-order valence-corrected chi connectivity index (χ3v) is 7.16. The number of rotatable bonds is 7. The highest BCUT2D eigenvalue weighted by Gasteiger charge is 2.27. The number of carbonyl (C=O) groups is 3. The molecule has 1 unspecified atom stereocenters. The number of nitrogens with two attached hydrogens (primary N) is 1. The van der Waals surface area contributed by atoms with Crippen molar-refractivity contribution in [2.24, 2.45) is 12.8 Å². The lowest BCUT2D eigenvalue weighted by molar-refractivity contribution is -0.127. The van der Waals surface area contributed by atoms with Gasteiger partial charge < -0.3 is 25.3 Å². The number of fused-ring (bicyclic) bond motifs is 1. The molecule has 3 amide bonds. The van der Waals surface area contributed by atoms with Gasteiger partial charge in [0, 0.05) is 42.8 Å². The van der Waals surface area contributed by atoms with Crippen molar-refractivity contribution in [2.45, 2.75) is 18.9 Å². The molecule has 0 saturated carbocycles. The third-order valence-electron chi connectivity index (χ3n) is 7.16. The lowest BCUT2D eigenvalue weighted by atomic mass is 10.1. The summed E-state index contributed by atoms with van der Waals surface area (Å²) < 4.78 is 9.13. The van der Waals surface area contributed by atoms with E-state index in [-0.39, 0.29) is 23.4 Å². The molecule has 1 fully saturated rings. The smallest absolute Gasteiger partial charge is 0.272 e. The van der Waals surface area contributed by atoms with E-state index >= 15 is 0 Å². The summed E-state index contributed by atoms with van der Waals surface area (Å²) in [6.45, 7) is 4.69. The lowest BCUT2D eigenvalue weighted by Crippen LogP contribution is -2.40. The highest BCUT2D eigenvalue weighted by atomic mass is 16.5. The summed E-state index contributed by atoms with van der Waals surface area (Å²) in [4.78, 5) is 39.4. The number of aryl methyl sites for hydroxylation is 1. The van der Waals surface area contributed by atoms with Crippen molar-refractivity contribution >= 4 is 34.3 Å². The average Bonchev–Trinajstić information content (AvgIpc) is 3.55. The first-order valence-electron chi connectivity index (χ1n) is 12.6. The molecule has 1 atom stereocenters. The maximum atomic E-state index is 13.1. The molecule has 1 aliphatic rings. The predicted octanol–water partition coefficient (Wildman–Crippen LogP) is 3.75. The number of para-hydroxylation sites is 1. The lowest BCUT2D eigenvalue weighted by Gasteiger charge is -2.32. The van der Waals surface area contributed by atoms with E-state index in [0.29, 0.717) is 41.5 Å². The molecule has 3 heterocycles. The van der Waals surface area contributed by atoms with Gasteiger partial charge in [0.1, 0.15) is 17.1 Å². The topological polar surface area (TPSA) is 124 Å². The SMILES string of the molecule is C=CC(=O)N1CCCC(n2cc(C(N)=O)c(-c3ccc(NC(=O)c4cc5ccccc5n4C)c(OC)c3)n2)C1. The predicted molar refractivity (Wildman–Crippen MR) is 149 cm³/mol. The fraction of sp³-hybridized carbons (Fsp3) is 0.241. The van der Waals surface area contributed by atoms with Gasteiger partial charge in [0.15, 0.2) is 0 Å². The van der Waals surface area contributed by atoms with Gasteiger partial charge in [0.2, 0.25) is 5.91 Å². The minimum Gasteiger partial charge on any atom is -0.495 e. The average molecular weight is 527 g/mol. The van der Waals surface area contributed by atoms with E-state index in [1.54, 1.807) is 34.0 Å². The quantitative estimate of drug-likeness (QED) is 0.355. The Labute approximate surface area is 225 Å². The van der Waals surface area contributed by atoms with Crippen molar-refractivity contribution in [2.75, 3.05) is 25.5 Å². The van der Waals surface area contributed by atoms with E-state index in [9.17, 15) is 14.4 Å². The molecule has 4 aromatic rings. The summed E-state index contributed by atoms with van der Waals surface area (Å²) in [6, 6.07) is 14.7. The van der Waals surface area contributed by atoms with E-state index < -0.39 is 5.91 Å². The molecular formula is C29H30N6O4. The van der Waals surface area contributed by atoms with Gasteiger partial charge in [0.25, 0.3) is 11.8 Å². The monoisotopic (exact) mass is 526 g/mol. The minimum absolute atomic E-state index is 0.101. The molecule has 2 aromatic carbocycles. The molecule has 0 spiro atoms. The molecule has 0 radical (unpaired) electrons. The van der Waals surface area contributed by atoms with Crippen LogP contribution in [0.15, 0.2) is 67.4 Å². The first-order chi connectivity index (χ1) is 18.8. The number of likely N-dealkylation sites (tertiary alicyclic amines) is 1. The second-order valence-corrected chi connectivity index (χ2v) is 9.54. The molecule has 10 nitrogen and oxygen atoms in total. The van der Waals surface area contributed by atoms with Crippen molar-refractivity contribution in [1.82, 2.24) is 19.2 Å². The van der Waals surface area contributed by atoms with E-state index in [1.807, 2.05) is 41.9 Å². The Morgan fingerprint density at radius 3 is 2.69 bits per heavy atom. The molecule has 0 aliphatic carbocycles. The molecule has 5 rings (SSSR count). The number of primary amides is 1. The summed E-state index contributed by atoms with van der Waals surface area (Å²) in [5.74, 6) is -0.617. The number of aromatic nitrogens is 3. The van der Waals surface area contributed by atoms with Gasteiger partial charge in [-0.05, 0) is 43.2 Å². The van der Waals surface area contributed by atoms with Crippen molar-refractivity contribution in [3.8, 4) is 17.0 Å². The maximum Gasteiger partial charge on any atom is 0.272 e. The van der Waals surface area contributed by atoms with Gasteiger partial charge in [-0.1, -0.05) is 30.8 Å². The normalized spacial score (nSPS) is 15.2. The largest absolute Gasteiger partial charge is 0.495 e. The van der Waals surface area contributed by atoms with Crippen molar-refractivity contribution in [3.63, 3.8) is 0 Å². The molecule has 3 N–H and O–H groups in total. The van der Waals surface area contributed by atoms with Gasteiger partial charge in [0.05, 0.1) is 24.4 Å². The Hall–Kier alpha value is -4.86. The van der Waals surface area contributed by atoms with Crippen molar-refractivity contribution in [1.29, 1.82) is 0 Å². The second kappa shape index (κ2) is 10.5. The molecule has 10 heteroatoms. The Morgan fingerprint density at radius 1 is 1.18 bits per heavy atom. The fourth-order valence-corrected chi connectivity index (χ4v) is 5.11. The Bertz CT molecular complexity index is 1600. The minimum atomic E-state index is -0.613. The summed E-state index contributed by atoms with van der Waals surface area (Å²) in [6.07, 6.45) is 4.55. The van der Waals surface area contributed by atoms with Crippen LogP contribution in [0, 0.1) is 0 Å². The number of nitrogens with one attached hydrogen (secondary N) is 1. The number of benzene rings is 2. The summed E-state index contributed by atoms with van der Waals surface area (Å²) >= 11 is 0. The van der Waals surface area contributed by atoms with Crippen LogP contribution in [0.3, 0.4) is 0 Å². The van der Waals surface area contributed by atoms with Crippen molar-refractivity contribution < 1.29 is 19.1 Å². The molecule has 2 aromatic heterocycles. The highest BCUT2D eigenvalue weighted by molar-refractivity contribution is 6.07. The molecule has 39 heavy (non-hydrogen) atoms. The van der Waals surface area contributed by atoms with E-state index in [2.05, 4.69) is 11.9 Å². The van der Waals surface area contributed by atoms with E-state index in [1.165, 1.54) is 13.2 Å². The first kappa shape index (κ1) is 25.8. The zero-order valence-corrected chi connectivity index (χ0v) is 21.9. The summed E-state index contributed by atoms with van der Waals surface area (Å²) in [5, 5.41) is 8.60.